The number of methoxy groups -OCH3 is 1. The lowest BCUT2D eigenvalue weighted by Crippen LogP contribution is -2.35. The van der Waals surface area contributed by atoms with Crippen LogP contribution in [0.3, 0.4) is 0 Å². The molecule has 14 heteroatoms. The molecule has 2 saturated heterocycles. The third-order valence-electron chi connectivity index (χ3n) is 9.60. The number of nitrogens with zero attached hydrogens (tertiary/aromatic N) is 7. The molecule has 5 aromatic rings. The molecule has 2 aromatic heterocycles. The number of halogens is 2. The van der Waals surface area contributed by atoms with Crippen LogP contribution >= 0.6 is 23.2 Å². The number of anilines is 1. The zero-order valence-electron chi connectivity index (χ0n) is 29.3. The van der Waals surface area contributed by atoms with Gasteiger partial charge in [0, 0.05) is 29.4 Å². The van der Waals surface area contributed by atoms with Crippen molar-refractivity contribution in [1.29, 1.82) is 0 Å². The Morgan fingerprint density at radius 1 is 0.981 bits per heavy atom. The first-order valence-corrected chi connectivity index (χ1v) is 18.1. The van der Waals surface area contributed by atoms with E-state index in [2.05, 4.69) is 38.4 Å². The number of hydrogen-bond donors (Lipinski definition) is 0. The first-order valence-electron chi connectivity index (χ1n) is 17.4. The van der Waals surface area contributed by atoms with E-state index in [0.717, 1.165) is 49.3 Å². The van der Waals surface area contributed by atoms with Crippen LogP contribution in [0.2, 0.25) is 10.0 Å². The van der Waals surface area contributed by atoms with Crippen molar-refractivity contribution in [1.82, 2.24) is 29.3 Å². The van der Waals surface area contributed by atoms with Crippen LogP contribution in [0.4, 0.5) is 5.69 Å². The third kappa shape index (κ3) is 7.61. The van der Waals surface area contributed by atoms with E-state index in [4.69, 9.17) is 42.1 Å². The maximum absolute atomic E-state index is 12.8. The lowest BCUT2D eigenvalue weighted by atomic mass is 10.00. The van der Waals surface area contributed by atoms with Crippen LogP contribution in [-0.2, 0) is 21.8 Å². The molecule has 7 rings (SSSR count). The normalized spacial score (nSPS) is 19.5. The van der Waals surface area contributed by atoms with Gasteiger partial charge in [-0.1, -0.05) is 53.9 Å². The van der Waals surface area contributed by atoms with Crippen molar-refractivity contribution >= 4 is 35.0 Å². The van der Waals surface area contributed by atoms with Gasteiger partial charge in [0.2, 0.25) is 5.79 Å². The molecule has 1 unspecified atom stereocenters. The van der Waals surface area contributed by atoms with Gasteiger partial charge in [0.15, 0.2) is 11.5 Å². The predicted octanol–water partition coefficient (Wildman–Crippen LogP) is 6.94. The Bertz CT molecular complexity index is 2070. The summed E-state index contributed by atoms with van der Waals surface area (Å²) < 4.78 is 27.8. The van der Waals surface area contributed by atoms with Crippen molar-refractivity contribution < 1.29 is 18.9 Å². The second-order valence-electron chi connectivity index (χ2n) is 13.0. The quantitative estimate of drug-likeness (QED) is 0.134. The smallest absolute Gasteiger partial charge is 0.350 e. The van der Waals surface area contributed by atoms with Crippen LogP contribution in [0.25, 0.3) is 11.8 Å². The van der Waals surface area contributed by atoms with Crippen molar-refractivity contribution in [2.24, 2.45) is 0 Å². The zero-order valence-corrected chi connectivity index (χ0v) is 30.8. The maximum atomic E-state index is 12.8. The average molecular weight is 747 g/mol. The highest BCUT2D eigenvalue weighted by atomic mass is 35.5. The molecule has 3 atom stereocenters. The fraction of sp³-hybridized carbons (Fsp3) is 0.368. The zero-order chi connectivity index (χ0) is 36.2. The standard InChI is InChI=1S/C38H41Cl2N7O5/c1-4-26(2)47-37(48)45(25-43-47)31-9-7-30(8-10-31)44-17-13-27(14-18-44)19-28-5-12-35(36(20-28)49-3)50-22-32-23-51-38(52-32,24-46-41-15-16-42-46)33-11-6-29(39)21-34(33)40/h5-12,15-16,19-21,25-26,32H,4,13-14,17-18,22-24H2,1-3H3/t26?,32-,38-/m1/s1. The Kier molecular flexibility index (Phi) is 10.7. The molecule has 0 radical (unpaired) electrons. The molecule has 52 heavy (non-hydrogen) atoms. The van der Waals surface area contributed by atoms with E-state index in [0.29, 0.717) is 27.1 Å². The number of benzene rings is 3. The van der Waals surface area contributed by atoms with Crippen molar-refractivity contribution in [3.8, 4) is 17.2 Å². The maximum Gasteiger partial charge on any atom is 0.350 e. The Hall–Kier alpha value is -4.62. The van der Waals surface area contributed by atoms with E-state index in [1.54, 1.807) is 48.6 Å². The summed E-state index contributed by atoms with van der Waals surface area (Å²) in [7, 11) is 1.64. The van der Waals surface area contributed by atoms with Crippen LogP contribution in [0.5, 0.6) is 11.5 Å². The summed E-state index contributed by atoms with van der Waals surface area (Å²) in [6, 6.07) is 19.3. The number of ether oxygens (including phenoxy) is 4. The van der Waals surface area contributed by atoms with Gasteiger partial charge in [0.05, 0.1) is 42.9 Å². The molecule has 4 heterocycles. The second-order valence-corrected chi connectivity index (χ2v) is 13.8. The van der Waals surface area contributed by atoms with Gasteiger partial charge in [-0.15, -0.1) is 0 Å². The fourth-order valence-electron chi connectivity index (χ4n) is 6.57. The molecule has 0 N–H and O–H groups in total. The molecule has 2 aliphatic rings. The summed E-state index contributed by atoms with van der Waals surface area (Å²) in [6.07, 6.45) is 9.35. The highest BCUT2D eigenvalue weighted by Gasteiger charge is 2.46. The molecular weight excluding hydrogens is 705 g/mol. The van der Waals surface area contributed by atoms with Crippen molar-refractivity contribution in [2.45, 2.75) is 57.6 Å². The van der Waals surface area contributed by atoms with Crippen LogP contribution in [0.1, 0.15) is 50.3 Å². The van der Waals surface area contributed by atoms with Gasteiger partial charge in [-0.3, -0.25) is 0 Å². The molecule has 0 amide bonds. The number of hydrogen-bond acceptors (Lipinski definition) is 9. The van der Waals surface area contributed by atoms with E-state index in [1.165, 1.54) is 15.1 Å². The van der Waals surface area contributed by atoms with Gasteiger partial charge in [-0.25, -0.2) is 14.0 Å². The topological polar surface area (TPSA) is 111 Å². The van der Waals surface area contributed by atoms with E-state index in [-0.39, 0.29) is 31.5 Å². The highest BCUT2D eigenvalue weighted by Crippen LogP contribution is 2.41. The van der Waals surface area contributed by atoms with Crippen LogP contribution in [0, 0.1) is 0 Å². The monoisotopic (exact) mass is 745 g/mol. The molecule has 0 bridgehead atoms. The molecular formula is C38H41Cl2N7O5. The molecule has 0 spiro atoms. The van der Waals surface area contributed by atoms with Crippen molar-refractivity contribution in [2.75, 3.05) is 38.3 Å². The number of piperidine rings is 1. The molecule has 2 fully saturated rings. The van der Waals surface area contributed by atoms with Gasteiger partial charge in [-0.2, -0.15) is 20.1 Å². The van der Waals surface area contributed by atoms with Gasteiger partial charge in [0.25, 0.3) is 0 Å². The van der Waals surface area contributed by atoms with Crippen molar-refractivity contribution in [3.63, 3.8) is 0 Å². The van der Waals surface area contributed by atoms with E-state index in [1.807, 2.05) is 44.2 Å². The summed E-state index contributed by atoms with van der Waals surface area (Å²) in [5.74, 6) is 0.0243. The minimum Gasteiger partial charge on any atom is -0.493 e. The largest absolute Gasteiger partial charge is 0.493 e. The van der Waals surface area contributed by atoms with Gasteiger partial charge in [-0.05, 0) is 80.3 Å². The average Bonchev–Trinajstić information content (AvgIpc) is 3.92. The van der Waals surface area contributed by atoms with E-state index in [9.17, 15) is 4.79 Å². The minimum absolute atomic E-state index is 0.0602. The van der Waals surface area contributed by atoms with Gasteiger partial charge >= 0.3 is 5.69 Å². The van der Waals surface area contributed by atoms with E-state index < -0.39 is 11.9 Å². The Morgan fingerprint density at radius 2 is 1.73 bits per heavy atom. The predicted molar refractivity (Wildman–Crippen MR) is 200 cm³/mol. The minimum atomic E-state index is -1.22. The summed E-state index contributed by atoms with van der Waals surface area (Å²) in [4.78, 5) is 16.7. The van der Waals surface area contributed by atoms with Crippen LogP contribution in [0.15, 0.2) is 89.8 Å². The van der Waals surface area contributed by atoms with Gasteiger partial charge < -0.3 is 23.8 Å². The van der Waals surface area contributed by atoms with Crippen molar-refractivity contribution in [3.05, 3.63) is 117 Å². The molecule has 2 aliphatic heterocycles. The van der Waals surface area contributed by atoms with Crippen LogP contribution in [-0.4, -0.2) is 68.9 Å². The number of aromatic nitrogens is 6. The lowest BCUT2D eigenvalue weighted by Gasteiger charge is -2.30. The van der Waals surface area contributed by atoms with E-state index >= 15 is 0 Å². The first-order chi connectivity index (χ1) is 25.2. The highest BCUT2D eigenvalue weighted by molar-refractivity contribution is 6.35. The molecule has 272 valence electrons. The summed E-state index contributed by atoms with van der Waals surface area (Å²) in [5.41, 5.74) is 4.88. The second kappa shape index (κ2) is 15.5. The summed E-state index contributed by atoms with van der Waals surface area (Å²) >= 11 is 12.8. The molecule has 3 aromatic carbocycles. The summed E-state index contributed by atoms with van der Waals surface area (Å²) in [5, 5.41) is 13.7. The third-order valence-corrected chi connectivity index (χ3v) is 10.1. The molecule has 0 saturated carbocycles. The number of rotatable bonds is 12. The Balaban J connectivity index is 0.961. The van der Waals surface area contributed by atoms with Crippen LogP contribution < -0.4 is 20.1 Å². The fourth-order valence-corrected chi connectivity index (χ4v) is 7.12. The SMILES string of the molecule is CCC(C)n1ncn(-c2ccc(N3CCC(=Cc4ccc(OC[C@@H]5CO[C@@](Cn6nccn6)(c6ccc(Cl)cc6Cl)O5)c(OC)c4)CC3)cc2)c1=O. The lowest BCUT2D eigenvalue weighted by molar-refractivity contribution is -0.192. The Morgan fingerprint density at radius 3 is 2.44 bits per heavy atom. The Labute approximate surface area is 312 Å². The molecule has 0 aliphatic carbocycles. The van der Waals surface area contributed by atoms with Gasteiger partial charge in [0.1, 0.15) is 25.6 Å². The first kappa shape index (κ1) is 35.8. The summed E-state index contributed by atoms with van der Waals surface area (Å²) in [6.45, 7) is 6.55. The molecule has 12 nitrogen and oxygen atoms in total.